The van der Waals surface area contributed by atoms with Gasteiger partial charge in [0.05, 0.1) is 12.5 Å². The summed E-state index contributed by atoms with van der Waals surface area (Å²) in [5.74, 6) is -2.20. The molecule has 148 valence electrons. The van der Waals surface area contributed by atoms with Crippen LogP contribution in [0.5, 0.6) is 0 Å². The van der Waals surface area contributed by atoms with E-state index < -0.39 is 11.9 Å². The Balaban J connectivity index is 1.88. The van der Waals surface area contributed by atoms with E-state index in [1.165, 1.54) is 0 Å². The highest BCUT2D eigenvalue weighted by Gasteiger charge is 2.15. The summed E-state index contributed by atoms with van der Waals surface area (Å²) in [5.41, 5.74) is 2.81. The van der Waals surface area contributed by atoms with Gasteiger partial charge in [-0.15, -0.1) is 0 Å². The van der Waals surface area contributed by atoms with Crippen molar-refractivity contribution in [2.45, 2.75) is 39.0 Å². The average Bonchev–Trinajstić information content (AvgIpc) is 2.65. The first kappa shape index (κ1) is 21.2. The molecule has 2 aromatic carbocycles. The number of aliphatic carboxylic acids is 1. The van der Waals surface area contributed by atoms with Crippen LogP contribution < -0.4 is 10.6 Å². The Morgan fingerprint density at radius 3 is 2.04 bits per heavy atom. The first-order chi connectivity index (χ1) is 13.1. The Bertz CT molecular complexity index is 850. The van der Waals surface area contributed by atoms with Crippen LogP contribution in [0.2, 0.25) is 0 Å². The van der Waals surface area contributed by atoms with E-state index >= 15 is 0 Å². The van der Waals surface area contributed by atoms with Gasteiger partial charge in [-0.1, -0.05) is 45.0 Å². The summed E-state index contributed by atoms with van der Waals surface area (Å²) in [6, 6.07) is 13.9. The second kappa shape index (κ2) is 8.69. The van der Waals surface area contributed by atoms with E-state index in [2.05, 4.69) is 31.4 Å². The summed E-state index contributed by atoms with van der Waals surface area (Å²) in [6.07, 6.45) is 0. The zero-order valence-electron chi connectivity index (χ0n) is 16.6. The molecule has 0 aliphatic carbocycles. The normalized spacial score (nSPS) is 12.1. The average molecular weight is 382 g/mol. The molecule has 3 N–H and O–H groups in total. The van der Waals surface area contributed by atoms with Gasteiger partial charge in [0.1, 0.15) is 0 Å². The van der Waals surface area contributed by atoms with Crippen LogP contribution in [0.3, 0.4) is 0 Å². The predicted molar refractivity (Wildman–Crippen MR) is 109 cm³/mol. The number of carbonyl (C=O) groups excluding carboxylic acids is 2. The van der Waals surface area contributed by atoms with E-state index in [1.807, 2.05) is 12.1 Å². The maximum Gasteiger partial charge on any atom is 0.310 e. The van der Waals surface area contributed by atoms with Crippen LogP contribution in [-0.4, -0.2) is 29.4 Å². The van der Waals surface area contributed by atoms with Gasteiger partial charge in [-0.25, -0.2) is 0 Å². The van der Waals surface area contributed by atoms with Crippen LogP contribution in [0.25, 0.3) is 0 Å². The lowest BCUT2D eigenvalue weighted by molar-refractivity contribution is -0.138. The fourth-order valence-electron chi connectivity index (χ4n) is 2.59. The number of carboxylic acids is 1. The van der Waals surface area contributed by atoms with Gasteiger partial charge in [-0.3, -0.25) is 14.4 Å². The highest BCUT2D eigenvalue weighted by atomic mass is 16.4. The molecule has 1 atom stereocenters. The zero-order valence-corrected chi connectivity index (χ0v) is 16.6. The van der Waals surface area contributed by atoms with Gasteiger partial charge in [0.15, 0.2) is 0 Å². The minimum atomic E-state index is -0.907. The van der Waals surface area contributed by atoms with Gasteiger partial charge in [0, 0.05) is 11.3 Å². The van der Waals surface area contributed by atoms with Gasteiger partial charge >= 0.3 is 5.97 Å². The lowest BCUT2D eigenvalue weighted by atomic mass is 9.87. The van der Waals surface area contributed by atoms with Crippen molar-refractivity contribution >= 4 is 23.5 Å². The molecule has 0 radical (unpaired) electrons. The van der Waals surface area contributed by atoms with Crippen LogP contribution in [0.4, 0.5) is 5.69 Å². The van der Waals surface area contributed by atoms with E-state index in [0.29, 0.717) is 16.8 Å². The number of amides is 2. The van der Waals surface area contributed by atoms with E-state index in [1.54, 1.807) is 43.3 Å². The van der Waals surface area contributed by atoms with Crippen LogP contribution in [0, 0.1) is 0 Å². The van der Waals surface area contributed by atoms with Crippen LogP contribution in [0.15, 0.2) is 48.5 Å². The molecule has 0 aliphatic heterocycles. The van der Waals surface area contributed by atoms with Crippen LogP contribution in [0.1, 0.15) is 55.1 Å². The van der Waals surface area contributed by atoms with Crippen LogP contribution >= 0.6 is 0 Å². The minimum absolute atomic E-state index is 0.00665. The molecular formula is C22H26N2O4. The third-order valence-corrected chi connectivity index (χ3v) is 4.49. The van der Waals surface area contributed by atoms with Crippen molar-refractivity contribution in [1.82, 2.24) is 5.32 Å². The summed E-state index contributed by atoms with van der Waals surface area (Å²) in [6.45, 7) is 7.73. The number of benzene rings is 2. The molecule has 2 aromatic rings. The first-order valence-corrected chi connectivity index (χ1v) is 9.09. The summed E-state index contributed by atoms with van der Waals surface area (Å²) in [7, 11) is 0. The molecule has 0 saturated heterocycles. The third kappa shape index (κ3) is 5.67. The number of hydrogen-bond donors (Lipinski definition) is 3. The molecule has 0 aliphatic rings. The molecule has 0 saturated carbocycles. The first-order valence-electron chi connectivity index (χ1n) is 9.09. The largest absolute Gasteiger partial charge is 0.481 e. The molecule has 2 rings (SSSR count). The second-order valence-electron chi connectivity index (χ2n) is 7.74. The molecule has 2 amide bonds. The molecule has 6 heteroatoms. The molecule has 6 nitrogen and oxygen atoms in total. The van der Waals surface area contributed by atoms with Crippen molar-refractivity contribution in [2.75, 3.05) is 11.9 Å². The van der Waals surface area contributed by atoms with Crippen molar-refractivity contribution in [1.29, 1.82) is 0 Å². The van der Waals surface area contributed by atoms with Crippen molar-refractivity contribution in [3.63, 3.8) is 0 Å². The maximum absolute atomic E-state index is 12.2. The Morgan fingerprint density at radius 1 is 0.964 bits per heavy atom. The molecule has 0 bridgehead atoms. The predicted octanol–water partition coefficient (Wildman–Crippen LogP) is 3.54. The van der Waals surface area contributed by atoms with Gasteiger partial charge in [0.25, 0.3) is 5.91 Å². The van der Waals surface area contributed by atoms with Crippen molar-refractivity contribution in [3.8, 4) is 0 Å². The smallest absolute Gasteiger partial charge is 0.310 e. The Morgan fingerprint density at radius 2 is 1.54 bits per heavy atom. The number of carboxylic acid groups (broad SMARTS) is 1. The Kier molecular flexibility index (Phi) is 6.57. The molecule has 28 heavy (non-hydrogen) atoms. The minimum Gasteiger partial charge on any atom is -0.481 e. The van der Waals surface area contributed by atoms with E-state index in [4.69, 9.17) is 5.11 Å². The quantitative estimate of drug-likeness (QED) is 0.712. The van der Waals surface area contributed by atoms with Gasteiger partial charge in [-0.05, 0) is 47.7 Å². The van der Waals surface area contributed by atoms with Gasteiger partial charge < -0.3 is 15.7 Å². The van der Waals surface area contributed by atoms with Crippen molar-refractivity contribution < 1.29 is 19.5 Å². The number of nitrogens with one attached hydrogen (secondary N) is 2. The summed E-state index contributed by atoms with van der Waals surface area (Å²) < 4.78 is 0. The summed E-state index contributed by atoms with van der Waals surface area (Å²) in [4.78, 5) is 35.2. The van der Waals surface area contributed by atoms with Gasteiger partial charge in [-0.2, -0.15) is 0 Å². The molecule has 0 spiro atoms. The third-order valence-electron chi connectivity index (χ3n) is 4.49. The van der Waals surface area contributed by atoms with E-state index in [0.717, 1.165) is 5.56 Å². The summed E-state index contributed by atoms with van der Waals surface area (Å²) in [5, 5.41) is 14.3. The number of anilines is 1. The highest BCUT2D eigenvalue weighted by molar-refractivity contribution is 5.99. The topological polar surface area (TPSA) is 95.5 Å². The Hall–Kier alpha value is -3.15. The van der Waals surface area contributed by atoms with Crippen molar-refractivity contribution in [2.24, 2.45) is 0 Å². The van der Waals surface area contributed by atoms with Gasteiger partial charge in [0.2, 0.25) is 5.91 Å². The lowest BCUT2D eigenvalue weighted by Gasteiger charge is -2.19. The number of hydrogen-bond acceptors (Lipinski definition) is 3. The van der Waals surface area contributed by atoms with E-state index in [9.17, 15) is 14.4 Å². The zero-order chi connectivity index (χ0) is 20.9. The molecular weight excluding hydrogens is 356 g/mol. The molecule has 0 aromatic heterocycles. The Labute approximate surface area is 165 Å². The molecule has 1 unspecified atom stereocenters. The van der Waals surface area contributed by atoms with Crippen LogP contribution in [-0.2, 0) is 15.0 Å². The van der Waals surface area contributed by atoms with Crippen molar-refractivity contribution in [3.05, 3.63) is 65.2 Å². The fraction of sp³-hybridized carbons (Fsp3) is 0.318. The number of rotatable bonds is 6. The molecule has 0 fully saturated rings. The lowest BCUT2D eigenvalue weighted by Crippen LogP contribution is -2.32. The molecule has 0 heterocycles. The summed E-state index contributed by atoms with van der Waals surface area (Å²) >= 11 is 0. The second-order valence-corrected chi connectivity index (χ2v) is 7.74. The number of carbonyl (C=O) groups is 3. The maximum atomic E-state index is 12.2. The van der Waals surface area contributed by atoms with E-state index in [-0.39, 0.29) is 23.8 Å². The monoisotopic (exact) mass is 382 g/mol. The SMILES string of the molecule is CC(C(=O)O)c1ccc(NC(=O)CNC(=O)c2ccc(C(C)(C)C)cc2)cc1. The highest BCUT2D eigenvalue weighted by Crippen LogP contribution is 2.22. The standard InChI is InChI=1S/C22H26N2O4/c1-14(21(27)28)15-7-11-18(12-8-15)24-19(25)13-23-20(26)16-5-9-17(10-6-16)22(2,3)4/h5-12,14H,13H2,1-4H3,(H,23,26)(H,24,25)(H,27,28). The fourth-order valence-corrected chi connectivity index (χ4v) is 2.59.